The van der Waals surface area contributed by atoms with E-state index < -0.39 is 17.6 Å². The van der Waals surface area contributed by atoms with Gasteiger partial charge in [-0.1, -0.05) is 35.9 Å². The van der Waals surface area contributed by atoms with Crippen molar-refractivity contribution in [2.45, 2.75) is 18.7 Å². The maximum Gasteiger partial charge on any atom is 0.425 e. The molecular weight excluding hydrogens is 384 g/mol. The highest BCUT2D eigenvalue weighted by molar-refractivity contribution is 5.81. The van der Waals surface area contributed by atoms with Crippen LogP contribution in [0.2, 0.25) is 0 Å². The van der Waals surface area contributed by atoms with E-state index in [9.17, 15) is 22.7 Å². The molecule has 0 aliphatic rings. The first-order valence-corrected chi connectivity index (χ1v) is 8.80. The molecule has 0 bridgehead atoms. The zero-order chi connectivity index (χ0) is 20.8. The van der Waals surface area contributed by atoms with Crippen molar-refractivity contribution in [1.29, 1.82) is 0 Å². The molecule has 7 heteroatoms. The molecule has 0 amide bonds. The summed E-state index contributed by atoms with van der Waals surface area (Å²) in [7, 11) is 0. The van der Waals surface area contributed by atoms with E-state index in [4.69, 9.17) is 0 Å². The van der Waals surface area contributed by atoms with Gasteiger partial charge in [-0.05, 0) is 54.4 Å². The molecule has 0 aliphatic carbocycles. The van der Waals surface area contributed by atoms with Gasteiger partial charge in [0.05, 0.1) is 17.4 Å². The Balaban J connectivity index is 1.85. The Morgan fingerprint density at radius 3 is 2.10 bits per heavy atom. The van der Waals surface area contributed by atoms with Crippen LogP contribution in [0.25, 0.3) is 16.6 Å². The van der Waals surface area contributed by atoms with Crippen LogP contribution in [0.5, 0.6) is 0 Å². The maximum atomic E-state index is 14.0. The summed E-state index contributed by atoms with van der Waals surface area (Å²) < 4.78 is 56.6. The standard InChI is InChI=1S/C22H16F4N2O/c1-14-2-4-16(5-3-14)21(29,22(24,25)26)17-6-11-20-15(12-17)13-27-28(20)19-9-7-18(23)8-10-19/h2-13,29H,1H3. The summed E-state index contributed by atoms with van der Waals surface area (Å²) in [6, 6.07) is 15.2. The number of halogens is 4. The Morgan fingerprint density at radius 1 is 0.862 bits per heavy atom. The van der Waals surface area contributed by atoms with E-state index in [1.54, 1.807) is 6.92 Å². The molecule has 0 fully saturated rings. The molecule has 0 aliphatic heterocycles. The lowest BCUT2D eigenvalue weighted by Gasteiger charge is -2.31. The first-order chi connectivity index (χ1) is 13.7. The predicted octanol–water partition coefficient (Wildman–Crippen LogP) is 5.27. The number of hydrogen-bond acceptors (Lipinski definition) is 2. The summed E-state index contributed by atoms with van der Waals surface area (Å²) in [5.41, 5.74) is -1.84. The van der Waals surface area contributed by atoms with Crippen molar-refractivity contribution in [3.63, 3.8) is 0 Å². The van der Waals surface area contributed by atoms with Gasteiger partial charge in [0.25, 0.3) is 0 Å². The molecule has 0 saturated carbocycles. The van der Waals surface area contributed by atoms with Crippen molar-refractivity contribution >= 4 is 10.9 Å². The molecule has 3 nitrogen and oxygen atoms in total. The highest BCUT2D eigenvalue weighted by Gasteiger charge is 2.56. The average molecular weight is 400 g/mol. The number of aliphatic hydroxyl groups is 1. The first-order valence-electron chi connectivity index (χ1n) is 8.80. The van der Waals surface area contributed by atoms with Crippen LogP contribution in [0.1, 0.15) is 16.7 Å². The van der Waals surface area contributed by atoms with Gasteiger partial charge >= 0.3 is 6.18 Å². The number of nitrogens with zero attached hydrogens (tertiary/aromatic N) is 2. The Bertz CT molecular complexity index is 1160. The van der Waals surface area contributed by atoms with Crippen LogP contribution in [0.15, 0.2) is 72.9 Å². The summed E-state index contributed by atoms with van der Waals surface area (Å²) in [4.78, 5) is 0. The van der Waals surface area contributed by atoms with Gasteiger partial charge in [0.15, 0.2) is 0 Å². The van der Waals surface area contributed by atoms with Crippen LogP contribution >= 0.6 is 0 Å². The largest absolute Gasteiger partial charge is 0.425 e. The normalized spacial score (nSPS) is 14.1. The van der Waals surface area contributed by atoms with Gasteiger partial charge in [-0.25, -0.2) is 9.07 Å². The van der Waals surface area contributed by atoms with Crippen LogP contribution in [-0.2, 0) is 5.60 Å². The highest BCUT2D eigenvalue weighted by Crippen LogP contribution is 2.44. The number of rotatable bonds is 3. The molecule has 0 spiro atoms. The minimum Gasteiger partial charge on any atom is -0.372 e. The number of aryl methyl sites for hydroxylation is 1. The quantitative estimate of drug-likeness (QED) is 0.476. The van der Waals surface area contributed by atoms with Crippen molar-refractivity contribution in [2.75, 3.05) is 0 Å². The van der Waals surface area contributed by atoms with E-state index in [1.165, 1.54) is 77.6 Å². The van der Waals surface area contributed by atoms with Crippen LogP contribution in [-0.4, -0.2) is 21.1 Å². The van der Waals surface area contributed by atoms with Gasteiger partial charge in [0, 0.05) is 5.39 Å². The van der Waals surface area contributed by atoms with E-state index >= 15 is 0 Å². The number of benzene rings is 3. The lowest BCUT2D eigenvalue weighted by molar-refractivity contribution is -0.248. The van der Waals surface area contributed by atoms with Gasteiger partial charge in [-0.3, -0.25) is 0 Å². The van der Waals surface area contributed by atoms with Crippen LogP contribution < -0.4 is 0 Å². The van der Waals surface area contributed by atoms with Gasteiger partial charge in [0.2, 0.25) is 5.60 Å². The maximum absolute atomic E-state index is 14.0. The zero-order valence-electron chi connectivity index (χ0n) is 15.3. The van der Waals surface area contributed by atoms with E-state index in [0.29, 0.717) is 16.6 Å². The second-order valence-electron chi connectivity index (χ2n) is 6.88. The molecule has 4 rings (SSSR count). The van der Waals surface area contributed by atoms with E-state index in [2.05, 4.69) is 5.10 Å². The fourth-order valence-electron chi connectivity index (χ4n) is 3.33. The number of aromatic nitrogens is 2. The molecule has 0 radical (unpaired) electrons. The Labute approximate surface area is 163 Å². The van der Waals surface area contributed by atoms with Crippen molar-refractivity contribution in [3.05, 3.63) is 95.4 Å². The molecule has 1 atom stereocenters. The van der Waals surface area contributed by atoms with E-state index in [1.807, 2.05) is 0 Å². The third kappa shape index (κ3) is 3.17. The topological polar surface area (TPSA) is 38.1 Å². The van der Waals surface area contributed by atoms with Gasteiger partial charge in [0.1, 0.15) is 5.82 Å². The first kappa shape index (κ1) is 19.1. The summed E-state index contributed by atoms with van der Waals surface area (Å²) in [5.74, 6) is -0.402. The van der Waals surface area contributed by atoms with Gasteiger partial charge < -0.3 is 5.11 Å². The number of alkyl halides is 3. The SMILES string of the molecule is Cc1ccc(C(O)(c2ccc3c(cnn3-c3ccc(F)cc3)c2)C(F)(F)F)cc1. The van der Waals surface area contributed by atoms with Crippen molar-refractivity contribution in [1.82, 2.24) is 9.78 Å². The summed E-state index contributed by atoms with van der Waals surface area (Å²) in [6.45, 7) is 1.76. The average Bonchev–Trinajstić information content (AvgIpc) is 3.11. The van der Waals surface area contributed by atoms with E-state index in [-0.39, 0.29) is 11.1 Å². The van der Waals surface area contributed by atoms with Crippen LogP contribution in [0.4, 0.5) is 17.6 Å². The predicted molar refractivity (Wildman–Crippen MR) is 101 cm³/mol. The Morgan fingerprint density at radius 2 is 1.48 bits per heavy atom. The Hall–Kier alpha value is -3.19. The second kappa shape index (κ2) is 6.70. The van der Waals surface area contributed by atoms with Crippen LogP contribution in [0, 0.1) is 12.7 Å². The third-order valence-electron chi connectivity index (χ3n) is 4.94. The Kier molecular flexibility index (Phi) is 4.42. The smallest absolute Gasteiger partial charge is 0.372 e. The highest BCUT2D eigenvalue weighted by atomic mass is 19.4. The van der Waals surface area contributed by atoms with Crippen LogP contribution in [0.3, 0.4) is 0 Å². The van der Waals surface area contributed by atoms with Crippen molar-refractivity contribution in [2.24, 2.45) is 0 Å². The third-order valence-corrected chi connectivity index (χ3v) is 4.94. The fraction of sp³-hybridized carbons (Fsp3) is 0.136. The molecule has 1 aromatic heterocycles. The summed E-state index contributed by atoms with van der Waals surface area (Å²) >= 11 is 0. The molecule has 4 aromatic rings. The van der Waals surface area contributed by atoms with E-state index in [0.717, 1.165) is 5.56 Å². The molecule has 29 heavy (non-hydrogen) atoms. The lowest BCUT2D eigenvalue weighted by Crippen LogP contribution is -2.43. The molecule has 3 aromatic carbocycles. The molecule has 0 saturated heterocycles. The number of hydrogen-bond donors (Lipinski definition) is 1. The molecule has 1 heterocycles. The fourth-order valence-corrected chi connectivity index (χ4v) is 3.33. The van der Waals surface area contributed by atoms with Crippen molar-refractivity contribution < 1.29 is 22.7 Å². The molecule has 1 unspecified atom stereocenters. The van der Waals surface area contributed by atoms with Gasteiger partial charge in [-0.15, -0.1) is 0 Å². The molecular formula is C22H16F4N2O. The number of fused-ring (bicyclic) bond motifs is 1. The minimum atomic E-state index is -4.93. The minimum absolute atomic E-state index is 0.263. The summed E-state index contributed by atoms with van der Waals surface area (Å²) in [6.07, 6.45) is -3.52. The summed E-state index contributed by atoms with van der Waals surface area (Å²) in [5, 5.41) is 15.4. The van der Waals surface area contributed by atoms with Gasteiger partial charge in [-0.2, -0.15) is 18.3 Å². The second-order valence-corrected chi connectivity index (χ2v) is 6.88. The van der Waals surface area contributed by atoms with Crippen molar-refractivity contribution in [3.8, 4) is 5.69 Å². The molecule has 1 N–H and O–H groups in total. The zero-order valence-corrected chi connectivity index (χ0v) is 15.3. The lowest BCUT2D eigenvalue weighted by atomic mass is 9.85. The monoisotopic (exact) mass is 400 g/mol. The molecule has 148 valence electrons.